The summed E-state index contributed by atoms with van der Waals surface area (Å²) in [5.41, 5.74) is 10.9. The summed E-state index contributed by atoms with van der Waals surface area (Å²) in [6, 6.07) is 77.1. The van der Waals surface area contributed by atoms with Gasteiger partial charge in [0.15, 0.2) is 6.17 Å². The van der Waals surface area contributed by atoms with E-state index in [1.807, 2.05) is 35.6 Å². The summed E-state index contributed by atoms with van der Waals surface area (Å²) in [5.74, 6) is 2.43. The van der Waals surface area contributed by atoms with E-state index in [4.69, 9.17) is 15.0 Å². The lowest BCUT2D eigenvalue weighted by Gasteiger charge is -2.32. The Balaban J connectivity index is 0.960. The highest BCUT2D eigenvalue weighted by molar-refractivity contribution is 7.26. The van der Waals surface area contributed by atoms with Crippen molar-refractivity contribution in [2.24, 2.45) is 15.0 Å². The van der Waals surface area contributed by atoms with Crippen LogP contribution in [0.3, 0.4) is 0 Å². The van der Waals surface area contributed by atoms with Gasteiger partial charge >= 0.3 is 0 Å². The molecular weight excluding hydrogens is 813 g/mol. The molecular formula is C58H42N6S. The maximum Gasteiger partial charge on any atom is 0.169 e. The third kappa shape index (κ3) is 7.36. The Hall–Kier alpha value is -7.97. The molecule has 310 valence electrons. The van der Waals surface area contributed by atoms with Crippen molar-refractivity contribution in [3.05, 3.63) is 252 Å². The number of nitrogens with one attached hydrogen (secondary N) is 3. The van der Waals surface area contributed by atoms with E-state index in [1.165, 1.54) is 36.5 Å². The molecule has 0 aliphatic carbocycles. The zero-order valence-corrected chi connectivity index (χ0v) is 36.1. The lowest BCUT2D eigenvalue weighted by molar-refractivity contribution is 0.409. The fourth-order valence-corrected chi connectivity index (χ4v) is 10.4. The van der Waals surface area contributed by atoms with E-state index in [9.17, 15) is 0 Å². The Labute approximate surface area is 381 Å². The van der Waals surface area contributed by atoms with Crippen LogP contribution in [0.2, 0.25) is 0 Å². The monoisotopic (exact) mass is 854 g/mol. The van der Waals surface area contributed by atoms with Crippen LogP contribution in [0.4, 0.5) is 0 Å². The summed E-state index contributed by atoms with van der Waals surface area (Å²) < 4.78 is 2.51. The molecule has 0 saturated carbocycles. The van der Waals surface area contributed by atoms with Crippen LogP contribution in [0.1, 0.15) is 51.9 Å². The van der Waals surface area contributed by atoms with Gasteiger partial charge in [-0.25, -0.2) is 15.0 Å². The predicted molar refractivity (Wildman–Crippen MR) is 271 cm³/mol. The topological polar surface area (TPSA) is 73.2 Å². The van der Waals surface area contributed by atoms with Crippen LogP contribution in [0, 0.1) is 0 Å². The number of fused-ring (bicyclic) bond motifs is 4. The highest BCUT2D eigenvalue weighted by Gasteiger charge is 2.28. The molecule has 7 heteroatoms. The number of hydrogen-bond acceptors (Lipinski definition) is 7. The van der Waals surface area contributed by atoms with Crippen molar-refractivity contribution >= 4 is 59.8 Å². The molecule has 0 amide bonds. The van der Waals surface area contributed by atoms with E-state index >= 15 is 0 Å². The molecule has 3 heterocycles. The molecule has 2 aliphatic heterocycles. The van der Waals surface area contributed by atoms with Crippen LogP contribution in [0.5, 0.6) is 0 Å². The van der Waals surface area contributed by atoms with Crippen molar-refractivity contribution in [2.75, 3.05) is 0 Å². The van der Waals surface area contributed by atoms with Crippen LogP contribution >= 0.6 is 11.3 Å². The molecule has 0 saturated heterocycles. The first-order valence-electron chi connectivity index (χ1n) is 22.0. The molecule has 0 spiro atoms. The van der Waals surface area contributed by atoms with Gasteiger partial charge in [0, 0.05) is 36.9 Å². The Morgan fingerprint density at radius 2 is 0.985 bits per heavy atom. The lowest BCUT2D eigenvalue weighted by Crippen LogP contribution is -2.45. The largest absolute Gasteiger partial charge is 0.350 e. The van der Waals surface area contributed by atoms with Gasteiger partial charge in [0.05, 0.1) is 0 Å². The average molecular weight is 855 g/mol. The SMILES string of the molecule is c1ccc(-c2ccccc2C2=NC(c3ccccc3)N=C(c3ccc(-c4cc(C5N=C(c6cccc7ccccc67)NC(c6ccccc6)N5)cc5c4sc4ccccc45)cc3)N2)cc1. The minimum atomic E-state index is -0.405. The quantitative estimate of drug-likeness (QED) is 0.143. The zero-order chi connectivity index (χ0) is 43.1. The highest BCUT2D eigenvalue weighted by atomic mass is 32.1. The van der Waals surface area contributed by atoms with Gasteiger partial charge in [0.2, 0.25) is 0 Å². The Kier molecular flexibility index (Phi) is 9.89. The Morgan fingerprint density at radius 1 is 0.385 bits per heavy atom. The minimum absolute atomic E-state index is 0.165. The van der Waals surface area contributed by atoms with E-state index in [2.05, 4.69) is 210 Å². The highest BCUT2D eigenvalue weighted by Crippen LogP contribution is 2.43. The van der Waals surface area contributed by atoms with Crippen LogP contribution in [-0.4, -0.2) is 17.5 Å². The summed E-state index contributed by atoms with van der Waals surface area (Å²) in [7, 11) is 0. The smallest absolute Gasteiger partial charge is 0.169 e. The zero-order valence-electron chi connectivity index (χ0n) is 35.3. The predicted octanol–water partition coefficient (Wildman–Crippen LogP) is 13.4. The standard InChI is InChI=1S/C58H42N6S/c1-4-17-37(18-5-1)44-26-12-13-28-47(44)57-61-53(40-20-6-2-7-21-40)59-55(63-57)42-33-31-39(32-34-42)49-35-43(36-50-46-27-14-15-30-51(46)65-52(49)50)56-60-54(41-22-8-3-9-23-41)62-58(64-56)48-29-16-24-38-19-10-11-25-45(38)48/h1-36,53-54,56,60H,(H,62,64)(H,59,61,63). The van der Waals surface area contributed by atoms with Gasteiger partial charge in [-0.05, 0) is 67.9 Å². The summed E-state index contributed by atoms with van der Waals surface area (Å²) >= 11 is 1.84. The molecule has 3 N–H and O–H groups in total. The molecule has 0 bridgehead atoms. The minimum Gasteiger partial charge on any atom is -0.350 e. The Bertz CT molecular complexity index is 3460. The number of nitrogens with zero attached hydrogens (tertiary/aromatic N) is 3. The fourth-order valence-electron chi connectivity index (χ4n) is 9.21. The molecule has 65 heavy (non-hydrogen) atoms. The molecule has 12 rings (SSSR count). The van der Waals surface area contributed by atoms with Crippen LogP contribution in [0.25, 0.3) is 53.2 Å². The van der Waals surface area contributed by atoms with Crippen molar-refractivity contribution in [3.8, 4) is 22.3 Å². The van der Waals surface area contributed by atoms with Gasteiger partial charge in [0.25, 0.3) is 0 Å². The second-order valence-corrected chi connectivity index (χ2v) is 17.5. The molecule has 2 aliphatic rings. The molecule has 9 aromatic carbocycles. The molecule has 3 unspecified atom stereocenters. The maximum absolute atomic E-state index is 5.48. The summed E-state index contributed by atoms with van der Waals surface area (Å²) in [6.45, 7) is 0. The molecule has 0 fully saturated rings. The van der Waals surface area contributed by atoms with Gasteiger partial charge in [-0.2, -0.15) is 0 Å². The van der Waals surface area contributed by atoms with Gasteiger partial charge in [-0.3, -0.25) is 5.32 Å². The number of hydrogen-bond donors (Lipinski definition) is 3. The number of amidine groups is 3. The van der Waals surface area contributed by atoms with Crippen molar-refractivity contribution in [1.29, 1.82) is 0 Å². The fraction of sp³-hybridized carbons (Fsp3) is 0.0517. The van der Waals surface area contributed by atoms with E-state index < -0.39 is 6.17 Å². The van der Waals surface area contributed by atoms with Gasteiger partial charge < -0.3 is 10.6 Å². The first-order valence-corrected chi connectivity index (χ1v) is 22.8. The first-order chi connectivity index (χ1) is 32.2. The summed E-state index contributed by atoms with van der Waals surface area (Å²) in [5, 5.41) is 16.2. The van der Waals surface area contributed by atoms with Crippen molar-refractivity contribution < 1.29 is 0 Å². The van der Waals surface area contributed by atoms with E-state index in [-0.39, 0.29) is 12.3 Å². The third-order valence-electron chi connectivity index (χ3n) is 12.4. The third-order valence-corrected chi connectivity index (χ3v) is 13.7. The van der Waals surface area contributed by atoms with Gasteiger partial charge in [-0.15, -0.1) is 11.3 Å². The van der Waals surface area contributed by atoms with E-state index in [1.54, 1.807) is 0 Å². The van der Waals surface area contributed by atoms with Crippen LogP contribution in [-0.2, 0) is 0 Å². The molecule has 0 radical (unpaired) electrons. The van der Waals surface area contributed by atoms with Crippen molar-refractivity contribution in [3.63, 3.8) is 0 Å². The lowest BCUT2D eigenvalue weighted by atomic mass is 9.96. The van der Waals surface area contributed by atoms with Crippen LogP contribution < -0.4 is 16.0 Å². The van der Waals surface area contributed by atoms with Crippen molar-refractivity contribution in [1.82, 2.24) is 16.0 Å². The molecule has 3 atom stereocenters. The van der Waals surface area contributed by atoms with E-state index in [0.717, 1.165) is 67.6 Å². The first kappa shape index (κ1) is 38.7. The number of aliphatic imine (C=N–C) groups is 3. The second-order valence-electron chi connectivity index (χ2n) is 16.5. The number of thiophene rings is 1. The average Bonchev–Trinajstić information content (AvgIpc) is 3.77. The van der Waals surface area contributed by atoms with E-state index in [0.29, 0.717) is 0 Å². The summed E-state index contributed by atoms with van der Waals surface area (Å²) in [4.78, 5) is 15.9. The maximum atomic E-state index is 5.48. The van der Waals surface area contributed by atoms with Gasteiger partial charge in [0.1, 0.15) is 29.8 Å². The second kappa shape index (κ2) is 16.6. The summed E-state index contributed by atoms with van der Waals surface area (Å²) in [6.07, 6.45) is -0.900. The van der Waals surface area contributed by atoms with Crippen molar-refractivity contribution in [2.45, 2.75) is 18.5 Å². The van der Waals surface area contributed by atoms with Crippen LogP contribution in [0.15, 0.2) is 233 Å². The van der Waals surface area contributed by atoms with Gasteiger partial charge in [-0.1, -0.05) is 200 Å². The normalized spacial score (nSPS) is 17.2. The molecule has 1 aromatic heterocycles. The molecule has 10 aromatic rings. The molecule has 6 nitrogen and oxygen atoms in total. The number of rotatable bonds is 8. The Morgan fingerprint density at radius 3 is 1.78 bits per heavy atom. The number of benzene rings is 9.